The number of H-pyrrole nitrogens is 1. The Balaban J connectivity index is 2.46. The fourth-order valence-electron chi connectivity index (χ4n) is 1.16. The van der Waals surface area contributed by atoms with Crippen molar-refractivity contribution in [3.8, 4) is 17.0 Å². The van der Waals surface area contributed by atoms with Crippen molar-refractivity contribution in [1.82, 2.24) is 15.4 Å². The van der Waals surface area contributed by atoms with Crippen LogP contribution in [0.3, 0.4) is 0 Å². The van der Waals surface area contributed by atoms with Crippen LogP contribution in [0.5, 0.6) is 5.75 Å². The summed E-state index contributed by atoms with van der Waals surface area (Å²) in [6.07, 6.45) is 1.46. The second kappa shape index (κ2) is 3.45. The third kappa shape index (κ3) is 1.44. The summed E-state index contributed by atoms with van der Waals surface area (Å²) in [5.41, 5.74) is 0.879. The summed E-state index contributed by atoms with van der Waals surface area (Å²) in [6.45, 7) is 0. The topological polar surface area (TPSA) is 50.8 Å². The highest BCUT2D eigenvalue weighted by Gasteiger charge is 2.08. The van der Waals surface area contributed by atoms with Crippen LogP contribution in [0.2, 0.25) is 0 Å². The van der Waals surface area contributed by atoms with E-state index in [1.54, 1.807) is 12.1 Å². The van der Waals surface area contributed by atoms with Gasteiger partial charge in [-0.15, -0.1) is 0 Å². The number of aromatic amines is 1. The maximum atomic E-state index is 13.4. The van der Waals surface area contributed by atoms with E-state index in [4.69, 9.17) is 4.74 Å². The van der Waals surface area contributed by atoms with Crippen molar-refractivity contribution in [3.05, 3.63) is 30.2 Å². The van der Waals surface area contributed by atoms with Gasteiger partial charge in [0, 0.05) is 11.6 Å². The summed E-state index contributed by atoms with van der Waals surface area (Å²) in [5, 5.41) is 9.82. The van der Waals surface area contributed by atoms with Gasteiger partial charge >= 0.3 is 0 Å². The predicted molar refractivity (Wildman–Crippen MR) is 48.3 cm³/mol. The maximum Gasteiger partial charge on any atom is 0.136 e. The highest BCUT2D eigenvalue weighted by Crippen LogP contribution is 2.23. The molecular weight excluding hydrogens is 185 g/mol. The van der Waals surface area contributed by atoms with Crippen molar-refractivity contribution in [2.24, 2.45) is 0 Å². The van der Waals surface area contributed by atoms with E-state index in [0.717, 1.165) is 0 Å². The molecule has 1 N–H and O–H groups in total. The minimum absolute atomic E-state index is 0.377. The van der Waals surface area contributed by atoms with Crippen molar-refractivity contribution >= 4 is 0 Å². The van der Waals surface area contributed by atoms with Gasteiger partial charge < -0.3 is 4.74 Å². The van der Waals surface area contributed by atoms with Crippen LogP contribution in [-0.2, 0) is 0 Å². The Morgan fingerprint density at radius 2 is 2.29 bits per heavy atom. The molecule has 0 atom stereocenters. The number of ether oxygens (including phenoxy) is 1. The second-order valence-electron chi connectivity index (χ2n) is 2.70. The van der Waals surface area contributed by atoms with Crippen LogP contribution in [0.15, 0.2) is 24.4 Å². The zero-order valence-electron chi connectivity index (χ0n) is 7.49. The molecule has 0 unspecified atom stereocenters. The van der Waals surface area contributed by atoms with E-state index < -0.39 is 0 Å². The molecule has 0 fully saturated rings. The molecule has 72 valence electrons. The Kier molecular flexibility index (Phi) is 2.14. The molecule has 5 heteroatoms. The number of nitrogens with zero attached hydrogens (tertiary/aromatic N) is 2. The van der Waals surface area contributed by atoms with Gasteiger partial charge in [-0.1, -0.05) is 0 Å². The molecule has 2 aromatic rings. The van der Waals surface area contributed by atoms with Crippen molar-refractivity contribution in [3.63, 3.8) is 0 Å². The molecule has 1 aromatic carbocycles. The number of nitrogens with one attached hydrogen (secondary N) is 1. The smallest absolute Gasteiger partial charge is 0.136 e. The first kappa shape index (κ1) is 8.68. The molecule has 0 bridgehead atoms. The average Bonchev–Trinajstić information content (AvgIpc) is 2.70. The first-order chi connectivity index (χ1) is 6.81. The van der Waals surface area contributed by atoms with Crippen molar-refractivity contribution in [1.29, 1.82) is 0 Å². The van der Waals surface area contributed by atoms with Crippen molar-refractivity contribution in [2.45, 2.75) is 0 Å². The fourth-order valence-corrected chi connectivity index (χ4v) is 1.16. The Labute approximate surface area is 79.7 Å². The Bertz CT molecular complexity index is 428. The Morgan fingerprint density at radius 1 is 1.43 bits per heavy atom. The highest BCUT2D eigenvalue weighted by molar-refractivity contribution is 5.59. The largest absolute Gasteiger partial charge is 0.497 e. The van der Waals surface area contributed by atoms with Gasteiger partial charge in [0.05, 0.1) is 13.3 Å². The summed E-state index contributed by atoms with van der Waals surface area (Å²) in [6, 6.07) is 4.59. The first-order valence-electron chi connectivity index (χ1n) is 4.01. The van der Waals surface area contributed by atoms with E-state index in [1.165, 1.54) is 19.4 Å². The van der Waals surface area contributed by atoms with Gasteiger partial charge in [0.2, 0.25) is 0 Å². The summed E-state index contributed by atoms with van der Waals surface area (Å²) in [4.78, 5) is 0. The Morgan fingerprint density at radius 3 is 2.86 bits per heavy atom. The minimum atomic E-state index is -0.377. The molecule has 0 saturated carbocycles. The van der Waals surface area contributed by atoms with E-state index >= 15 is 0 Å². The number of rotatable bonds is 2. The summed E-state index contributed by atoms with van der Waals surface area (Å²) in [5.74, 6) is 0.105. The molecule has 14 heavy (non-hydrogen) atoms. The van der Waals surface area contributed by atoms with Crippen LogP contribution < -0.4 is 4.74 Å². The van der Waals surface area contributed by atoms with Gasteiger partial charge in [0.25, 0.3) is 0 Å². The van der Waals surface area contributed by atoms with Gasteiger partial charge in [-0.3, -0.25) is 0 Å². The molecule has 1 heterocycles. The zero-order chi connectivity index (χ0) is 9.97. The molecule has 2 rings (SSSR count). The van der Waals surface area contributed by atoms with Gasteiger partial charge in [0.15, 0.2) is 0 Å². The van der Waals surface area contributed by atoms with Gasteiger partial charge in [0.1, 0.15) is 17.3 Å². The third-order valence-electron chi connectivity index (χ3n) is 1.87. The van der Waals surface area contributed by atoms with Gasteiger partial charge in [-0.2, -0.15) is 15.4 Å². The zero-order valence-corrected chi connectivity index (χ0v) is 7.49. The highest BCUT2D eigenvalue weighted by atomic mass is 19.1. The number of hydrogen-bond acceptors (Lipinski definition) is 3. The van der Waals surface area contributed by atoms with Crippen molar-refractivity contribution < 1.29 is 9.13 Å². The molecule has 0 aliphatic heterocycles. The SMILES string of the molecule is COc1ccc(-c2cn[nH]n2)c(F)c1. The number of aromatic nitrogens is 3. The average molecular weight is 193 g/mol. The molecule has 0 spiro atoms. The summed E-state index contributed by atoms with van der Waals surface area (Å²) >= 11 is 0. The standard InChI is InChI=1S/C9H8FN3O/c1-14-6-2-3-7(8(10)4-6)9-5-11-13-12-9/h2-5H,1H3,(H,11,12,13). The lowest BCUT2D eigenvalue weighted by molar-refractivity contribution is 0.411. The molecule has 0 aliphatic rings. The second-order valence-corrected chi connectivity index (χ2v) is 2.70. The van der Waals surface area contributed by atoms with E-state index in [1.807, 2.05) is 0 Å². The van der Waals surface area contributed by atoms with E-state index in [0.29, 0.717) is 17.0 Å². The van der Waals surface area contributed by atoms with E-state index in [-0.39, 0.29) is 5.82 Å². The van der Waals surface area contributed by atoms with Crippen LogP contribution in [-0.4, -0.2) is 22.5 Å². The molecular formula is C9H8FN3O. The molecule has 1 aromatic heterocycles. The molecule has 0 aliphatic carbocycles. The van der Waals surface area contributed by atoms with Gasteiger partial charge in [-0.05, 0) is 12.1 Å². The molecule has 0 radical (unpaired) electrons. The lowest BCUT2D eigenvalue weighted by Gasteiger charge is -2.02. The lowest BCUT2D eigenvalue weighted by atomic mass is 10.1. The third-order valence-corrected chi connectivity index (χ3v) is 1.87. The monoisotopic (exact) mass is 193 g/mol. The van der Waals surface area contributed by atoms with E-state index in [9.17, 15) is 4.39 Å². The number of hydrogen-bond donors (Lipinski definition) is 1. The molecule has 4 nitrogen and oxygen atoms in total. The molecule has 0 amide bonds. The van der Waals surface area contributed by atoms with Gasteiger partial charge in [-0.25, -0.2) is 4.39 Å². The summed E-state index contributed by atoms with van der Waals surface area (Å²) < 4.78 is 18.3. The van der Waals surface area contributed by atoms with Crippen molar-refractivity contribution in [2.75, 3.05) is 7.11 Å². The van der Waals surface area contributed by atoms with Crippen LogP contribution in [0.4, 0.5) is 4.39 Å². The Hall–Kier alpha value is -1.91. The number of methoxy groups -OCH3 is 1. The maximum absolute atomic E-state index is 13.4. The lowest BCUT2D eigenvalue weighted by Crippen LogP contribution is -1.88. The quantitative estimate of drug-likeness (QED) is 0.788. The van der Waals surface area contributed by atoms with Crippen LogP contribution in [0.1, 0.15) is 0 Å². The number of benzene rings is 1. The predicted octanol–water partition coefficient (Wildman–Crippen LogP) is 1.62. The van der Waals surface area contributed by atoms with Crippen LogP contribution in [0.25, 0.3) is 11.3 Å². The van der Waals surface area contributed by atoms with Crippen LogP contribution in [0, 0.1) is 5.82 Å². The fraction of sp³-hybridized carbons (Fsp3) is 0.111. The molecule has 0 saturated heterocycles. The number of halogens is 1. The summed E-state index contributed by atoms with van der Waals surface area (Å²) in [7, 11) is 1.49. The van der Waals surface area contributed by atoms with E-state index in [2.05, 4.69) is 15.4 Å². The normalized spacial score (nSPS) is 10.1. The minimum Gasteiger partial charge on any atom is -0.497 e. The first-order valence-corrected chi connectivity index (χ1v) is 4.01. The van der Waals surface area contributed by atoms with Crippen LogP contribution >= 0.6 is 0 Å².